The summed E-state index contributed by atoms with van der Waals surface area (Å²) in [5.74, 6) is -1.14. The molecule has 0 radical (unpaired) electrons. The molecule has 0 unspecified atom stereocenters. The van der Waals surface area contributed by atoms with Crippen LogP contribution in [0.2, 0.25) is 0 Å². The molecule has 0 fully saturated rings. The number of nitrogens with zero attached hydrogens (tertiary/aromatic N) is 1. The van der Waals surface area contributed by atoms with E-state index >= 15 is 0 Å². The van der Waals surface area contributed by atoms with Crippen molar-refractivity contribution < 1.29 is 19.4 Å². The van der Waals surface area contributed by atoms with Gasteiger partial charge in [0.05, 0.1) is 17.7 Å². The van der Waals surface area contributed by atoms with E-state index in [0.717, 1.165) is 5.01 Å². The monoisotopic (exact) mass is 348 g/mol. The van der Waals surface area contributed by atoms with Crippen molar-refractivity contribution in [3.8, 4) is 0 Å². The zero-order chi connectivity index (χ0) is 17.9. The summed E-state index contributed by atoms with van der Waals surface area (Å²) in [5.41, 5.74) is 0.954. The van der Waals surface area contributed by atoms with Crippen molar-refractivity contribution in [3.05, 3.63) is 45.4 Å². The summed E-state index contributed by atoms with van der Waals surface area (Å²) >= 11 is 1.30. The second kappa shape index (κ2) is 7.11. The Hall–Kier alpha value is -2.25. The number of carbonyl (C=O) groups excluding carboxylic acids is 1. The third kappa shape index (κ3) is 3.80. The van der Waals surface area contributed by atoms with Gasteiger partial charge in [0.1, 0.15) is 9.88 Å². The molecular formula is C17H20N2O4S. The van der Waals surface area contributed by atoms with Gasteiger partial charge in [-0.3, -0.25) is 9.59 Å². The van der Waals surface area contributed by atoms with Gasteiger partial charge in [0.15, 0.2) is 0 Å². The lowest BCUT2D eigenvalue weighted by Crippen LogP contribution is -2.28. The molecule has 24 heavy (non-hydrogen) atoms. The van der Waals surface area contributed by atoms with Gasteiger partial charge in [-0.25, -0.2) is 4.98 Å². The Labute approximate surface area is 144 Å². The minimum absolute atomic E-state index is 0.238. The first-order valence-electron chi connectivity index (χ1n) is 7.36. The maximum atomic E-state index is 12.4. The number of thiazole rings is 1. The van der Waals surface area contributed by atoms with Gasteiger partial charge >= 0.3 is 5.97 Å². The van der Waals surface area contributed by atoms with Crippen LogP contribution in [0.5, 0.6) is 0 Å². The number of nitrogens with one attached hydrogen (secondary N) is 1. The van der Waals surface area contributed by atoms with E-state index in [9.17, 15) is 14.7 Å². The molecule has 2 N–H and O–H groups in total. The first-order valence-corrected chi connectivity index (χ1v) is 8.18. The van der Waals surface area contributed by atoms with Crippen LogP contribution in [-0.4, -0.2) is 29.1 Å². The first-order chi connectivity index (χ1) is 11.3. The average molecular weight is 348 g/mol. The van der Waals surface area contributed by atoms with Crippen molar-refractivity contribution in [2.75, 3.05) is 12.4 Å². The molecule has 1 heterocycles. The molecule has 0 saturated carbocycles. The van der Waals surface area contributed by atoms with Gasteiger partial charge in [-0.1, -0.05) is 12.1 Å². The molecule has 0 bridgehead atoms. The van der Waals surface area contributed by atoms with Gasteiger partial charge in [-0.05, 0) is 38.5 Å². The Bertz CT molecular complexity index is 750. The fraction of sp³-hybridized carbons (Fsp3) is 0.353. The molecule has 2 rings (SSSR count). The van der Waals surface area contributed by atoms with Crippen molar-refractivity contribution >= 4 is 28.9 Å². The number of benzene rings is 1. The summed E-state index contributed by atoms with van der Waals surface area (Å²) in [7, 11) is 1.58. The van der Waals surface area contributed by atoms with Crippen molar-refractivity contribution in [3.63, 3.8) is 0 Å². The highest BCUT2D eigenvalue weighted by Crippen LogP contribution is 2.25. The minimum Gasteiger partial charge on any atom is -0.481 e. The van der Waals surface area contributed by atoms with E-state index < -0.39 is 11.4 Å². The quantitative estimate of drug-likeness (QED) is 0.837. The van der Waals surface area contributed by atoms with Crippen molar-refractivity contribution in [2.24, 2.45) is 0 Å². The Kier molecular flexibility index (Phi) is 5.36. The fourth-order valence-electron chi connectivity index (χ4n) is 2.13. The van der Waals surface area contributed by atoms with Crippen LogP contribution in [-0.2, 0) is 21.6 Å². The molecular weight excluding hydrogens is 328 g/mol. The van der Waals surface area contributed by atoms with Crippen LogP contribution < -0.4 is 5.32 Å². The van der Waals surface area contributed by atoms with E-state index in [2.05, 4.69) is 10.3 Å². The number of aryl methyl sites for hydroxylation is 1. The highest BCUT2D eigenvalue weighted by molar-refractivity contribution is 7.13. The average Bonchev–Trinajstić information content (AvgIpc) is 2.89. The van der Waals surface area contributed by atoms with Crippen LogP contribution in [0.25, 0.3) is 0 Å². The Morgan fingerprint density at radius 3 is 2.46 bits per heavy atom. The molecule has 0 aliphatic carbocycles. The molecule has 7 heteroatoms. The number of aliphatic carboxylic acids is 1. The molecule has 1 amide bonds. The van der Waals surface area contributed by atoms with Crippen molar-refractivity contribution in [1.82, 2.24) is 4.98 Å². The predicted molar refractivity (Wildman–Crippen MR) is 92.6 cm³/mol. The number of hydrogen-bond donors (Lipinski definition) is 2. The Morgan fingerprint density at radius 1 is 1.29 bits per heavy atom. The number of amides is 1. The topological polar surface area (TPSA) is 88.5 Å². The van der Waals surface area contributed by atoms with E-state index in [4.69, 9.17) is 4.74 Å². The highest BCUT2D eigenvalue weighted by atomic mass is 32.1. The van der Waals surface area contributed by atoms with E-state index in [0.29, 0.717) is 28.4 Å². The summed E-state index contributed by atoms with van der Waals surface area (Å²) < 4.78 is 5.03. The van der Waals surface area contributed by atoms with E-state index in [1.807, 2.05) is 0 Å². The van der Waals surface area contributed by atoms with Gasteiger partial charge in [-0.2, -0.15) is 0 Å². The molecule has 2 aromatic rings. The Morgan fingerprint density at radius 2 is 1.92 bits per heavy atom. The molecule has 0 saturated heterocycles. The standard InChI is InChI=1S/C17H20N2O4S/c1-10-14(24-13(18-10)9-23-4)15(20)19-12-7-5-11(6-8-12)17(2,3)16(21)22/h5-8H,9H2,1-4H3,(H,19,20)(H,21,22). The summed E-state index contributed by atoms with van der Waals surface area (Å²) in [5, 5.41) is 12.8. The zero-order valence-corrected chi connectivity index (χ0v) is 14.9. The number of carbonyl (C=O) groups is 2. The number of ether oxygens (including phenoxy) is 1. The third-order valence-corrected chi connectivity index (χ3v) is 4.84. The maximum Gasteiger partial charge on any atom is 0.313 e. The molecule has 0 atom stereocenters. The maximum absolute atomic E-state index is 12.4. The van der Waals surface area contributed by atoms with E-state index in [-0.39, 0.29) is 5.91 Å². The number of methoxy groups -OCH3 is 1. The number of rotatable bonds is 6. The van der Waals surface area contributed by atoms with E-state index in [1.165, 1.54) is 11.3 Å². The van der Waals surface area contributed by atoms with Gasteiger partial charge in [0.2, 0.25) is 0 Å². The van der Waals surface area contributed by atoms with Crippen LogP contribution >= 0.6 is 11.3 Å². The molecule has 0 aliphatic heterocycles. The second-order valence-corrected chi connectivity index (χ2v) is 7.00. The third-order valence-electron chi connectivity index (χ3n) is 3.71. The molecule has 1 aromatic carbocycles. The minimum atomic E-state index is -0.980. The number of anilines is 1. The lowest BCUT2D eigenvalue weighted by atomic mass is 9.85. The number of aromatic nitrogens is 1. The molecule has 0 spiro atoms. The van der Waals surface area contributed by atoms with Crippen LogP contribution in [0.1, 0.15) is 39.8 Å². The summed E-state index contributed by atoms with van der Waals surface area (Å²) in [6, 6.07) is 6.81. The number of hydrogen-bond acceptors (Lipinski definition) is 5. The van der Waals surface area contributed by atoms with Crippen LogP contribution in [0.15, 0.2) is 24.3 Å². The Balaban J connectivity index is 2.14. The van der Waals surface area contributed by atoms with Crippen LogP contribution in [0.4, 0.5) is 5.69 Å². The lowest BCUT2D eigenvalue weighted by Gasteiger charge is -2.19. The van der Waals surface area contributed by atoms with Crippen molar-refractivity contribution in [2.45, 2.75) is 32.8 Å². The first kappa shape index (κ1) is 18.1. The summed E-state index contributed by atoms with van der Waals surface area (Å²) in [4.78, 5) is 28.5. The van der Waals surface area contributed by atoms with Crippen LogP contribution in [0, 0.1) is 6.92 Å². The fourth-order valence-corrected chi connectivity index (χ4v) is 3.06. The lowest BCUT2D eigenvalue weighted by molar-refractivity contribution is -0.142. The molecule has 1 aromatic heterocycles. The largest absolute Gasteiger partial charge is 0.481 e. The van der Waals surface area contributed by atoms with Crippen molar-refractivity contribution in [1.29, 1.82) is 0 Å². The van der Waals surface area contributed by atoms with Gasteiger partial charge < -0.3 is 15.2 Å². The normalized spacial score (nSPS) is 11.3. The molecule has 0 aliphatic rings. The highest BCUT2D eigenvalue weighted by Gasteiger charge is 2.29. The van der Waals surface area contributed by atoms with Gasteiger partial charge in [0.25, 0.3) is 5.91 Å². The van der Waals surface area contributed by atoms with E-state index in [1.54, 1.807) is 52.1 Å². The summed E-state index contributed by atoms with van der Waals surface area (Å²) in [6.07, 6.45) is 0. The number of carboxylic acid groups (broad SMARTS) is 1. The van der Waals surface area contributed by atoms with Gasteiger partial charge in [0, 0.05) is 12.8 Å². The molecule has 6 nitrogen and oxygen atoms in total. The smallest absolute Gasteiger partial charge is 0.313 e. The predicted octanol–water partition coefficient (Wildman–Crippen LogP) is 3.21. The second-order valence-electron chi connectivity index (χ2n) is 5.92. The van der Waals surface area contributed by atoms with Crippen LogP contribution in [0.3, 0.4) is 0 Å². The SMILES string of the molecule is COCc1nc(C)c(C(=O)Nc2ccc(C(C)(C)C(=O)O)cc2)s1. The zero-order valence-electron chi connectivity index (χ0n) is 14.0. The van der Waals surface area contributed by atoms with Gasteiger partial charge in [-0.15, -0.1) is 11.3 Å². The number of carboxylic acids is 1. The molecule has 128 valence electrons. The summed E-state index contributed by atoms with van der Waals surface area (Å²) in [6.45, 7) is 5.43.